The van der Waals surface area contributed by atoms with Gasteiger partial charge in [0.15, 0.2) is 0 Å². The summed E-state index contributed by atoms with van der Waals surface area (Å²) in [5, 5.41) is 7.47. The van der Waals surface area contributed by atoms with E-state index in [0.29, 0.717) is 25.0 Å². The van der Waals surface area contributed by atoms with Crippen LogP contribution in [0.2, 0.25) is 0 Å². The van der Waals surface area contributed by atoms with Crippen LogP contribution in [0.5, 0.6) is 0 Å². The number of nitrogens with zero attached hydrogens (tertiary/aromatic N) is 5. The van der Waals surface area contributed by atoms with Crippen molar-refractivity contribution in [1.82, 2.24) is 24.6 Å². The second kappa shape index (κ2) is 6.18. The Labute approximate surface area is 142 Å². The van der Waals surface area contributed by atoms with Gasteiger partial charge >= 0.3 is 0 Å². The lowest BCUT2D eigenvalue weighted by atomic mass is 9.77. The highest BCUT2D eigenvalue weighted by atomic mass is 16.2. The normalized spacial score (nSPS) is 28.2. The number of rotatable bonds is 3. The molecule has 3 fully saturated rings. The average molecular weight is 331 g/mol. The molecule has 130 valence electrons. The van der Waals surface area contributed by atoms with Crippen molar-refractivity contribution in [2.75, 3.05) is 19.6 Å². The van der Waals surface area contributed by atoms with Crippen LogP contribution in [-0.4, -0.2) is 62.1 Å². The average Bonchev–Trinajstić information content (AvgIpc) is 3.32. The van der Waals surface area contributed by atoms with E-state index in [1.54, 1.807) is 17.2 Å². The third-order valence-corrected chi connectivity index (χ3v) is 6.03. The monoisotopic (exact) mass is 331 g/mol. The van der Waals surface area contributed by atoms with Gasteiger partial charge in [0.2, 0.25) is 11.8 Å². The molecule has 4 rings (SSSR count). The number of aromatic nitrogens is 3. The Balaban J connectivity index is 1.43. The van der Waals surface area contributed by atoms with Gasteiger partial charge in [-0.3, -0.25) is 9.59 Å². The number of amides is 2. The molecule has 2 amide bonds. The third kappa shape index (κ3) is 2.70. The maximum atomic E-state index is 13.2. The minimum absolute atomic E-state index is 0.0532. The predicted molar refractivity (Wildman–Crippen MR) is 86.9 cm³/mol. The van der Waals surface area contributed by atoms with Gasteiger partial charge in [0.25, 0.3) is 0 Å². The summed E-state index contributed by atoms with van der Waals surface area (Å²) in [5.41, 5.74) is -0.330. The van der Waals surface area contributed by atoms with Gasteiger partial charge in [-0.05, 0) is 32.1 Å². The van der Waals surface area contributed by atoms with Crippen LogP contribution in [0, 0.1) is 5.41 Å². The summed E-state index contributed by atoms with van der Waals surface area (Å²) in [5.74, 6) is 0.359. The van der Waals surface area contributed by atoms with Gasteiger partial charge in [-0.1, -0.05) is 12.8 Å². The molecule has 24 heavy (non-hydrogen) atoms. The van der Waals surface area contributed by atoms with Gasteiger partial charge in [0.05, 0.1) is 5.41 Å². The summed E-state index contributed by atoms with van der Waals surface area (Å²) in [7, 11) is 0. The van der Waals surface area contributed by atoms with Gasteiger partial charge in [-0.15, -0.1) is 10.2 Å². The zero-order valence-corrected chi connectivity index (χ0v) is 14.1. The van der Waals surface area contributed by atoms with E-state index < -0.39 is 0 Å². The lowest BCUT2D eigenvalue weighted by molar-refractivity contribution is -0.148. The van der Waals surface area contributed by atoms with E-state index in [0.717, 1.165) is 38.6 Å². The standard InChI is InChI=1S/C17H25N5O2/c23-15(10-20-12-18-19-13-20)21-9-7-17(11-21)6-3-8-22(16(17)24)14-4-1-2-5-14/h12-14H,1-11H2/t17-/m1/s1. The van der Waals surface area contributed by atoms with E-state index in [2.05, 4.69) is 15.1 Å². The molecule has 1 saturated carbocycles. The Morgan fingerprint density at radius 2 is 1.88 bits per heavy atom. The Morgan fingerprint density at radius 1 is 1.12 bits per heavy atom. The third-order valence-electron chi connectivity index (χ3n) is 6.03. The van der Waals surface area contributed by atoms with Crippen LogP contribution in [0.3, 0.4) is 0 Å². The first-order chi connectivity index (χ1) is 11.7. The van der Waals surface area contributed by atoms with Gasteiger partial charge < -0.3 is 14.4 Å². The smallest absolute Gasteiger partial charge is 0.242 e. The molecular weight excluding hydrogens is 306 g/mol. The summed E-state index contributed by atoms with van der Waals surface area (Å²) in [4.78, 5) is 29.7. The number of carbonyl (C=O) groups excluding carboxylic acids is 2. The fourth-order valence-electron chi connectivity index (χ4n) is 4.69. The second-order valence-electron chi connectivity index (χ2n) is 7.52. The Hall–Kier alpha value is -1.92. The molecule has 3 aliphatic rings. The van der Waals surface area contributed by atoms with Crippen molar-refractivity contribution in [2.45, 2.75) is 57.5 Å². The minimum Gasteiger partial charge on any atom is -0.340 e. The van der Waals surface area contributed by atoms with Crippen molar-refractivity contribution in [3.8, 4) is 0 Å². The largest absolute Gasteiger partial charge is 0.340 e. The van der Waals surface area contributed by atoms with Gasteiger partial charge in [-0.2, -0.15) is 0 Å². The summed E-state index contributed by atoms with van der Waals surface area (Å²) in [6.45, 7) is 2.42. The number of likely N-dealkylation sites (tertiary alicyclic amines) is 2. The Morgan fingerprint density at radius 3 is 2.62 bits per heavy atom. The van der Waals surface area contributed by atoms with E-state index in [9.17, 15) is 9.59 Å². The number of piperidine rings is 1. The molecule has 1 aromatic heterocycles. The molecule has 0 N–H and O–H groups in total. The predicted octanol–water partition coefficient (Wildman–Crippen LogP) is 1.06. The molecule has 3 heterocycles. The molecule has 0 aromatic carbocycles. The van der Waals surface area contributed by atoms with Gasteiger partial charge in [-0.25, -0.2) is 0 Å². The molecule has 0 unspecified atom stereocenters. The van der Waals surface area contributed by atoms with Crippen LogP contribution in [0.15, 0.2) is 12.7 Å². The van der Waals surface area contributed by atoms with Crippen LogP contribution >= 0.6 is 0 Å². The highest BCUT2D eigenvalue weighted by Gasteiger charge is 2.50. The molecule has 1 aromatic rings. The first kappa shape index (κ1) is 15.6. The summed E-state index contributed by atoms with van der Waals surface area (Å²) in [6, 6.07) is 0.441. The molecule has 0 radical (unpaired) electrons. The van der Waals surface area contributed by atoms with Crippen LogP contribution in [0.4, 0.5) is 0 Å². The summed E-state index contributed by atoms with van der Waals surface area (Å²) in [6.07, 6.45) is 10.7. The maximum absolute atomic E-state index is 13.2. The fourth-order valence-corrected chi connectivity index (χ4v) is 4.69. The van der Waals surface area contributed by atoms with E-state index in [1.807, 2.05) is 4.90 Å². The first-order valence-corrected chi connectivity index (χ1v) is 9.09. The van der Waals surface area contributed by atoms with E-state index in [1.165, 1.54) is 12.8 Å². The molecule has 2 saturated heterocycles. The van der Waals surface area contributed by atoms with Gasteiger partial charge in [0.1, 0.15) is 19.2 Å². The highest BCUT2D eigenvalue weighted by Crippen LogP contribution is 2.42. The number of hydrogen-bond donors (Lipinski definition) is 0. The zero-order valence-electron chi connectivity index (χ0n) is 14.1. The topological polar surface area (TPSA) is 71.3 Å². The molecule has 7 nitrogen and oxygen atoms in total. The first-order valence-electron chi connectivity index (χ1n) is 9.09. The van der Waals surface area contributed by atoms with E-state index >= 15 is 0 Å². The Kier molecular flexibility index (Phi) is 4.02. The number of hydrogen-bond acceptors (Lipinski definition) is 4. The molecular formula is C17H25N5O2. The van der Waals surface area contributed by atoms with Crippen LogP contribution in [-0.2, 0) is 16.1 Å². The molecule has 7 heteroatoms. The van der Waals surface area contributed by atoms with Crippen molar-refractivity contribution < 1.29 is 9.59 Å². The van der Waals surface area contributed by atoms with Crippen LogP contribution in [0.25, 0.3) is 0 Å². The minimum atomic E-state index is -0.330. The van der Waals surface area contributed by atoms with Crippen molar-refractivity contribution in [3.63, 3.8) is 0 Å². The van der Waals surface area contributed by atoms with Crippen LogP contribution in [0.1, 0.15) is 44.9 Å². The van der Waals surface area contributed by atoms with Crippen molar-refractivity contribution >= 4 is 11.8 Å². The van der Waals surface area contributed by atoms with Crippen molar-refractivity contribution in [1.29, 1.82) is 0 Å². The molecule has 0 bridgehead atoms. The lowest BCUT2D eigenvalue weighted by Gasteiger charge is -2.42. The molecule has 2 aliphatic heterocycles. The zero-order chi connectivity index (χ0) is 16.6. The van der Waals surface area contributed by atoms with E-state index in [4.69, 9.17) is 0 Å². The fraction of sp³-hybridized carbons (Fsp3) is 0.765. The maximum Gasteiger partial charge on any atom is 0.242 e. The molecule has 1 spiro atoms. The number of carbonyl (C=O) groups is 2. The second-order valence-corrected chi connectivity index (χ2v) is 7.52. The Bertz CT molecular complexity index is 611. The molecule has 1 aliphatic carbocycles. The highest BCUT2D eigenvalue weighted by molar-refractivity contribution is 5.86. The van der Waals surface area contributed by atoms with Gasteiger partial charge in [0, 0.05) is 25.7 Å². The summed E-state index contributed by atoms with van der Waals surface area (Å²) < 4.78 is 1.68. The molecule has 1 atom stereocenters. The lowest BCUT2D eigenvalue weighted by Crippen LogP contribution is -2.53. The van der Waals surface area contributed by atoms with E-state index in [-0.39, 0.29) is 17.9 Å². The van der Waals surface area contributed by atoms with Crippen molar-refractivity contribution in [3.05, 3.63) is 12.7 Å². The van der Waals surface area contributed by atoms with Crippen LogP contribution < -0.4 is 0 Å². The SMILES string of the molecule is O=C(Cn1cnnc1)N1CC[C@]2(CCCN(C3CCCC3)C2=O)C1. The van der Waals surface area contributed by atoms with Crippen molar-refractivity contribution in [2.24, 2.45) is 5.41 Å². The summed E-state index contributed by atoms with van der Waals surface area (Å²) >= 11 is 0. The quantitative estimate of drug-likeness (QED) is 0.830.